The molecule has 0 bridgehead atoms. The Morgan fingerprint density at radius 2 is 2.20 bits per heavy atom. The second-order valence-corrected chi connectivity index (χ2v) is 5.36. The standard InChI is InChI=1S/C9H13N3O7S/c1-19-9(16)7(5-13)11-20(17,18)6-2-10-12(3-6)4-8(14)15/h2-3,7,11,13H,4-5H2,1H3,(H,14,15). The monoisotopic (exact) mass is 307 g/mol. The number of nitrogens with one attached hydrogen (secondary N) is 1. The molecule has 0 fully saturated rings. The predicted molar refractivity (Wildman–Crippen MR) is 63.1 cm³/mol. The molecule has 20 heavy (non-hydrogen) atoms. The Morgan fingerprint density at radius 1 is 1.55 bits per heavy atom. The van der Waals surface area contributed by atoms with Gasteiger partial charge in [-0.3, -0.25) is 14.3 Å². The number of aliphatic hydroxyl groups excluding tert-OH is 1. The molecule has 0 aliphatic carbocycles. The van der Waals surface area contributed by atoms with Crippen molar-refractivity contribution in [1.82, 2.24) is 14.5 Å². The van der Waals surface area contributed by atoms with Crippen LogP contribution in [0, 0.1) is 0 Å². The molecule has 11 heteroatoms. The van der Waals surface area contributed by atoms with Crippen molar-refractivity contribution in [3.8, 4) is 0 Å². The molecular formula is C9H13N3O7S. The number of methoxy groups -OCH3 is 1. The summed E-state index contributed by atoms with van der Waals surface area (Å²) in [5.41, 5.74) is 0. The van der Waals surface area contributed by atoms with Crippen LogP contribution in [0.25, 0.3) is 0 Å². The van der Waals surface area contributed by atoms with Gasteiger partial charge in [0.25, 0.3) is 0 Å². The first kappa shape index (κ1) is 16.1. The topological polar surface area (TPSA) is 148 Å². The van der Waals surface area contributed by atoms with Crippen LogP contribution in [0.2, 0.25) is 0 Å². The summed E-state index contributed by atoms with van der Waals surface area (Å²) >= 11 is 0. The first-order valence-electron chi connectivity index (χ1n) is 5.25. The van der Waals surface area contributed by atoms with E-state index in [2.05, 4.69) is 9.84 Å². The molecule has 1 unspecified atom stereocenters. The van der Waals surface area contributed by atoms with Gasteiger partial charge >= 0.3 is 11.9 Å². The van der Waals surface area contributed by atoms with Crippen LogP contribution in [0.4, 0.5) is 0 Å². The summed E-state index contributed by atoms with van der Waals surface area (Å²) < 4.78 is 30.9. The summed E-state index contributed by atoms with van der Waals surface area (Å²) in [5, 5.41) is 21.0. The Hall–Kier alpha value is -1.98. The van der Waals surface area contributed by atoms with E-state index in [4.69, 9.17) is 10.2 Å². The molecule has 1 atom stereocenters. The molecular weight excluding hydrogens is 294 g/mol. The summed E-state index contributed by atoms with van der Waals surface area (Å²) in [6, 6.07) is -1.45. The third-order valence-corrected chi connectivity index (χ3v) is 3.61. The van der Waals surface area contributed by atoms with Gasteiger partial charge in [-0.15, -0.1) is 0 Å². The van der Waals surface area contributed by atoms with E-state index in [-0.39, 0.29) is 4.90 Å². The van der Waals surface area contributed by atoms with Gasteiger partial charge in [-0.05, 0) is 0 Å². The number of ether oxygens (including phenoxy) is 1. The fourth-order valence-electron chi connectivity index (χ4n) is 1.27. The second-order valence-electron chi connectivity index (χ2n) is 3.65. The van der Waals surface area contributed by atoms with Crippen molar-refractivity contribution in [3.05, 3.63) is 12.4 Å². The zero-order chi connectivity index (χ0) is 15.3. The maximum absolute atomic E-state index is 11.9. The fraction of sp³-hybridized carbons (Fsp3) is 0.444. The predicted octanol–water partition coefficient (Wildman–Crippen LogP) is -2.22. The Labute approximate surface area is 114 Å². The normalized spacial score (nSPS) is 12.9. The van der Waals surface area contributed by atoms with E-state index in [0.717, 1.165) is 24.2 Å². The molecule has 1 aromatic heterocycles. The number of nitrogens with zero attached hydrogens (tertiary/aromatic N) is 2. The molecule has 0 saturated heterocycles. The van der Waals surface area contributed by atoms with Crippen LogP contribution in [-0.4, -0.2) is 60.1 Å². The van der Waals surface area contributed by atoms with Crippen LogP contribution >= 0.6 is 0 Å². The van der Waals surface area contributed by atoms with Gasteiger partial charge < -0.3 is 14.9 Å². The van der Waals surface area contributed by atoms with Gasteiger partial charge in [0.05, 0.1) is 19.9 Å². The number of carbonyl (C=O) groups excluding carboxylic acids is 1. The molecule has 0 spiro atoms. The highest BCUT2D eigenvalue weighted by molar-refractivity contribution is 7.89. The maximum atomic E-state index is 11.9. The van der Waals surface area contributed by atoms with Crippen molar-refractivity contribution >= 4 is 22.0 Å². The van der Waals surface area contributed by atoms with Gasteiger partial charge in [0.2, 0.25) is 10.0 Å². The van der Waals surface area contributed by atoms with Crippen LogP contribution in [0.3, 0.4) is 0 Å². The fourth-order valence-corrected chi connectivity index (χ4v) is 2.39. The summed E-state index contributed by atoms with van der Waals surface area (Å²) in [5.74, 6) is -2.14. The molecule has 0 aliphatic heterocycles. The lowest BCUT2D eigenvalue weighted by Gasteiger charge is -2.12. The number of carboxylic acid groups (broad SMARTS) is 1. The van der Waals surface area contributed by atoms with E-state index in [1.54, 1.807) is 0 Å². The number of aromatic nitrogens is 2. The molecule has 0 radical (unpaired) electrons. The molecule has 0 saturated carbocycles. The van der Waals surface area contributed by atoms with Crippen molar-refractivity contribution in [1.29, 1.82) is 0 Å². The van der Waals surface area contributed by atoms with Gasteiger partial charge in [0.15, 0.2) is 0 Å². The largest absolute Gasteiger partial charge is 0.480 e. The minimum Gasteiger partial charge on any atom is -0.480 e. The van der Waals surface area contributed by atoms with Gasteiger partial charge in [-0.2, -0.15) is 9.82 Å². The van der Waals surface area contributed by atoms with Crippen molar-refractivity contribution < 1.29 is 33.0 Å². The lowest BCUT2D eigenvalue weighted by Crippen LogP contribution is -2.43. The molecule has 0 aliphatic rings. The minimum atomic E-state index is -4.13. The highest BCUT2D eigenvalue weighted by Gasteiger charge is 2.26. The van der Waals surface area contributed by atoms with Crippen molar-refractivity contribution in [2.24, 2.45) is 0 Å². The zero-order valence-electron chi connectivity index (χ0n) is 10.4. The smallest absolute Gasteiger partial charge is 0.326 e. The van der Waals surface area contributed by atoms with Gasteiger partial charge in [-0.25, -0.2) is 8.42 Å². The van der Waals surface area contributed by atoms with Gasteiger partial charge in [0.1, 0.15) is 17.5 Å². The number of carboxylic acids is 1. The minimum absolute atomic E-state index is 0.332. The third-order valence-electron chi connectivity index (χ3n) is 2.18. The molecule has 3 N–H and O–H groups in total. The first-order chi connectivity index (χ1) is 9.30. The van der Waals surface area contributed by atoms with Crippen molar-refractivity contribution in [2.45, 2.75) is 17.5 Å². The van der Waals surface area contributed by atoms with Crippen molar-refractivity contribution in [2.75, 3.05) is 13.7 Å². The highest BCUT2D eigenvalue weighted by atomic mass is 32.2. The summed E-state index contributed by atoms with van der Waals surface area (Å²) in [6.45, 7) is -1.29. The zero-order valence-corrected chi connectivity index (χ0v) is 11.2. The summed E-state index contributed by atoms with van der Waals surface area (Å²) in [7, 11) is -3.08. The van der Waals surface area contributed by atoms with E-state index in [1.165, 1.54) is 0 Å². The number of aliphatic hydroxyl groups is 1. The third kappa shape index (κ3) is 4.01. The molecule has 0 amide bonds. The average Bonchev–Trinajstić information content (AvgIpc) is 2.83. The number of sulfonamides is 1. The van der Waals surface area contributed by atoms with Crippen LogP contribution in [0.1, 0.15) is 0 Å². The first-order valence-corrected chi connectivity index (χ1v) is 6.73. The molecule has 1 aromatic rings. The lowest BCUT2D eigenvalue weighted by molar-refractivity contribution is -0.143. The maximum Gasteiger partial charge on any atom is 0.326 e. The van der Waals surface area contributed by atoms with Crippen LogP contribution in [0.15, 0.2) is 17.3 Å². The SMILES string of the molecule is COC(=O)C(CO)NS(=O)(=O)c1cnn(CC(=O)O)c1. The van der Waals surface area contributed by atoms with E-state index in [9.17, 15) is 18.0 Å². The second kappa shape index (κ2) is 6.45. The lowest BCUT2D eigenvalue weighted by atomic mass is 10.3. The number of aliphatic carboxylic acids is 1. The van der Waals surface area contributed by atoms with Gasteiger partial charge in [0, 0.05) is 6.20 Å². The molecule has 1 rings (SSSR count). The number of hydrogen-bond acceptors (Lipinski definition) is 7. The molecule has 1 heterocycles. The number of hydrogen-bond donors (Lipinski definition) is 3. The summed E-state index contributed by atoms with van der Waals surface area (Å²) in [4.78, 5) is 21.3. The van der Waals surface area contributed by atoms with E-state index < -0.39 is 41.2 Å². The van der Waals surface area contributed by atoms with E-state index in [0.29, 0.717) is 0 Å². The van der Waals surface area contributed by atoms with Gasteiger partial charge in [-0.1, -0.05) is 0 Å². The Kier molecular flexibility index (Phi) is 5.19. The Bertz CT molecular complexity index is 594. The van der Waals surface area contributed by atoms with Crippen molar-refractivity contribution in [3.63, 3.8) is 0 Å². The Morgan fingerprint density at radius 3 is 2.70 bits per heavy atom. The van der Waals surface area contributed by atoms with E-state index >= 15 is 0 Å². The Balaban J connectivity index is 2.90. The number of esters is 1. The number of carbonyl (C=O) groups is 2. The molecule has 112 valence electrons. The molecule has 0 aromatic carbocycles. The van der Waals surface area contributed by atoms with Crippen LogP contribution < -0.4 is 4.72 Å². The molecule has 10 nitrogen and oxygen atoms in total. The quantitative estimate of drug-likeness (QED) is 0.480. The van der Waals surface area contributed by atoms with Crippen LogP contribution in [0.5, 0.6) is 0 Å². The average molecular weight is 307 g/mol. The number of rotatable bonds is 7. The highest BCUT2D eigenvalue weighted by Crippen LogP contribution is 2.08. The van der Waals surface area contributed by atoms with Crippen LogP contribution in [-0.2, 0) is 30.9 Å². The van der Waals surface area contributed by atoms with E-state index in [1.807, 2.05) is 4.72 Å². The summed E-state index contributed by atoms with van der Waals surface area (Å²) in [6.07, 6.45) is 1.92.